The van der Waals surface area contributed by atoms with Crippen molar-refractivity contribution in [3.8, 4) is 0 Å². The van der Waals surface area contributed by atoms with E-state index in [0.717, 1.165) is 10.4 Å². The van der Waals surface area contributed by atoms with E-state index in [1.54, 1.807) is 18.2 Å². The molecule has 4 rings (SSSR count). The van der Waals surface area contributed by atoms with E-state index in [0.29, 0.717) is 42.4 Å². The van der Waals surface area contributed by atoms with E-state index in [1.807, 2.05) is 19.1 Å². The maximum absolute atomic E-state index is 12.9. The largest absolute Gasteiger partial charge is 0.385 e. The molecule has 0 radical (unpaired) electrons. The molecule has 0 bridgehead atoms. The van der Waals surface area contributed by atoms with E-state index >= 15 is 0 Å². The van der Waals surface area contributed by atoms with Crippen molar-refractivity contribution in [2.24, 2.45) is 0 Å². The van der Waals surface area contributed by atoms with Gasteiger partial charge < -0.3 is 14.9 Å². The molecule has 1 aliphatic rings. The van der Waals surface area contributed by atoms with Crippen LogP contribution >= 0.6 is 11.6 Å². The summed E-state index contributed by atoms with van der Waals surface area (Å²) in [5, 5.41) is 11.3. The van der Waals surface area contributed by atoms with Gasteiger partial charge in [-0.05, 0) is 48.0 Å². The molecule has 1 aliphatic heterocycles. The van der Waals surface area contributed by atoms with Crippen molar-refractivity contribution >= 4 is 38.6 Å². The number of amides is 1. The van der Waals surface area contributed by atoms with Gasteiger partial charge in [-0.2, -0.15) is 4.31 Å². The van der Waals surface area contributed by atoms with E-state index < -0.39 is 10.0 Å². The lowest BCUT2D eigenvalue weighted by Gasteiger charge is -2.26. The number of ether oxygens (including phenoxy) is 1. The smallest absolute Gasteiger partial charge is 0.261 e. The molecule has 0 saturated carbocycles. The van der Waals surface area contributed by atoms with Gasteiger partial charge in [-0.25, -0.2) is 8.42 Å². The Hall–Kier alpha value is -2.73. The predicted octanol–water partition coefficient (Wildman–Crippen LogP) is 1.41. The van der Waals surface area contributed by atoms with Crippen LogP contribution in [0.4, 0.5) is 0 Å². The quantitative estimate of drug-likeness (QED) is 0.544. The lowest BCUT2D eigenvalue weighted by molar-refractivity contribution is -0.127. The summed E-state index contributed by atoms with van der Waals surface area (Å²) in [5.41, 5.74) is 1.69. The molecule has 32 heavy (non-hydrogen) atoms. The van der Waals surface area contributed by atoms with Gasteiger partial charge in [0.15, 0.2) is 6.61 Å². The van der Waals surface area contributed by atoms with Crippen molar-refractivity contribution in [1.82, 2.24) is 24.8 Å². The van der Waals surface area contributed by atoms with Gasteiger partial charge in [0, 0.05) is 18.1 Å². The molecule has 1 amide bonds. The number of rotatable bonds is 7. The topological polar surface area (TPSA) is 116 Å². The molecule has 1 saturated heterocycles. The van der Waals surface area contributed by atoms with Crippen molar-refractivity contribution in [1.29, 1.82) is 0 Å². The van der Waals surface area contributed by atoms with Gasteiger partial charge in [-0.15, -0.1) is 5.10 Å². The third kappa shape index (κ3) is 4.85. The van der Waals surface area contributed by atoms with Crippen LogP contribution in [0.2, 0.25) is 5.02 Å². The number of benzene rings is 2. The van der Waals surface area contributed by atoms with Crippen LogP contribution in [-0.4, -0.2) is 66.7 Å². The molecule has 10 nitrogen and oxygen atoms in total. The van der Waals surface area contributed by atoms with E-state index in [9.17, 15) is 13.2 Å². The lowest BCUT2D eigenvalue weighted by atomic mass is 10.1. The zero-order valence-corrected chi connectivity index (χ0v) is 18.8. The first-order valence-electron chi connectivity index (χ1n) is 9.96. The van der Waals surface area contributed by atoms with Crippen molar-refractivity contribution in [3.05, 3.63) is 53.1 Å². The Morgan fingerprint density at radius 2 is 1.94 bits per heavy atom. The van der Waals surface area contributed by atoms with Gasteiger partial charge in [0.1, 0.15) is 11.0 Å². The molecule has 1 unspecified atom stereocenters. The van der Waals surface area contributed by atoms with Gasteiger partial charge in [0.05, 0.1) is 24.2 Å². The maximum atomic E-state index is 12.9. The van der Waals surface area contributed by atoms with Crippen molar-refractivity contribution in [3.63, 3.8) is 0 Å². The SMILES string of the molecule is CC(NC(=O)COn1nnc2ccc(S(=O)(=O)N3CCOCC3)cc21)c1ccc(Cl)cc1. The molecule has 2 heterocycles. The standard InChI is InChI=1S/C20H22ClN5O5S/c1-14(15-2-4-16(21)5-3-15)22-20(27)13-31-26-19-12-17(6-7-18(19)23-24-26)32(28,29)25-8-10-30-11-9-25/h2-7,12,14H,8-11,13H2,1H3,(H,22,27). The van der Waals surface area contributed by atoms with Crippen LogP contribution in [0.3, 0.4) is 0 Å². The molecule has 1 atom stereocenters. The average Bonchev–Trinajstić information content (AvgIpc) is 3.21. The predicted molar refractivity (Wildman–Crippen MR) is 117 cm³/mol. The second kappa shape index (κ2) is 9.41. The number of hydrogen-bond acceptors (Lipinski definition) is 7. The highest BCUT2D eigenvalue weighted by atomic mass is 35.5. The van der Waals surface area contributed by atoms with Gasteiger partial charge in [0.25, 0.3) is 5.91 Å². The zero-order valence-electron chi connectivity index (χ0n) is 17.3. The summed E-state index contributed by atoms with van der Waals surface area (Å²) in [6.07, 6.45) is 0. The third-order valence-corrected chi connectivity index (χ3v) is 7.21. The first-order chi connectivity index (χ1) is 15.3. The summed E-state index contributed by atoms with van der Waals surface area (Å²) >= 11 is 5.89. The minimum atomic E-state index is -3.69. The Morgan fingerprint density at radius 1 is 1.22 bits per heavy atom. The number of hydrogen-bond donors (Lipinski definition) is 1. The molecule has 2 aromatic carbocycles. The summed E-state index contributed by atoms with van der Waals surface area (Å²) < 4.78 is 32.4. The average molecular weight is 480 g/mol. The van der Waals surface area contributed by atoms with Crippen LogP contribution in [0, 0.1) is 0 Å². The number of halogens is 1. The first kappa shape index (κ1) is 22.5. The number of nitrogens with zero attached hydrogens (tertiary/aromatic N) is 4. The van der Waals surface area contributed by atoms with Gasteiger partial charge in [-0.1, -0.05) is 28.6 Å². The minimum Gasteiger partial charge on any atom is -0.385 e. The number of morpholine rings is 1. The highest BCUT2D eigenvalue weighted by Gasteiger charge is 2.27. The van der Waals surface area contributed by atoms with E-state index in [-0.39, 0.29) is 23.5 Å². The molecule has 0 aliphatic carbocycles. The second-order valence-electron chi connectivity index (χ2n) is 7.24. The summed E-state index contributed by atoms with van der Waals surface area (Å²) in [5.74, 6) is -0.367. The fourth-order valence-electron chi connectivity index (χ4n) is 3.31. The highest BCUT2D eigenvalue weighted by Crippen LogP contribution is 2.21. The number of fused-ring (bicyclic) bond motifs is 1. The fourth-order valence-corrected chi connectivity index (χ4v) is 4.86. The fraction of sp³-hybridized carbons (Fsp3) is 0.350. The number of sulfonamides is 1. The van der Waals surface area contributed by atoms with E-state index in [1.165, 1.54) is 16.4 Å². The number of carbonyl (C=O) groups is 1. The normalized spacial score (nSPS) is 16.1. The van der Waals surface area contributed by atoms with Crippen LogP contribution in [-0.2, 0) is 19.6 Å². The Kier molecular flexibility index (Phi) is 6.60. The maximum Gasteiger partial charge on any atom is 0.261 e. The van der Waals surface area contributed by atoms with E-state index in [4.69, 9.17) is 21.2 Å². The Labute approximate surface area is 190 Å². The van der Waals surface area contributed by atoms with E-state index in [2.05, 4.69) is 15.6 Å². The number of aromatic nitrogens is 3. The Bertz CT molecular complexity index is 1210. The van der Waals surface area contributed by atoms with Crippen LogP contribution < -0.4 is 10.2 Å². The second-order valence-corrected chi connectivity index (χ2v) is 9.62. The summed E-state index contributed by atoms with van der Waals surface area (Å²) in [4.78, 5) is 18.9. The van der Waals surface area contributed by atoms with Gasteiger partial charge >= 0.3 is 0 Å². The molecule has 12 heteroatoms. The highest BCUT2D eigenvalue weighted by molar-refractivity contribution is 7.89. The first-order valence-corrected chi connectivity index (χ1v) is 11.8. The summed E-state index contributed by atoms with van der Waals surface area (Å²) in [6.45, 7) is 2.81. The van der Waals surface area contributed by atoms with Gasteiger partial charge in [-0.3, -0.25) is 4.79 Å². The summed E-state index contributed by atoms with van der Waals surface area (Å²) in [7, 11) is -3.69. The molecule has 0 spiro atoms. The van der Waals surface area contributed by atoms with Crippen molar-refractivity contribution in [2.75, 3.05) is 32.9 Å². The number of nitrogens with one attached hydrogen (secondary N) is 1. The molecular formula is C20H22ClN5O5S. The van der Waals surface area contributed by atoms with Crippen LogP contribution in [0.5, 0.6) is 0 Å². The number of carbonyl (C=O) groups excluding carboxylic acids is 1. The Morgan fingerprint density at radius 3 is 2.66 bits per heavy atom. The molecule has 1 N–H and O–H groups in total. The molecule has 1 fully saturated rings. The monoisotopic (exact) mass is 479 g/mol. The molecule has 170 valence electrons. The van der Waals surface area contributed by atoms with Crippen LogP contribution in [0.15, 0.2) is 47.4 Å². The Balaban J connectivity index is 1.44. The van der Waals surface area contributed by atoms with Crippen molar-refractivity contribution < 1.29 is 22.8 Å². The lowest BCUT2D eigenvalue weighted by Crippen LogP contribution is -2.40. The molecule has 3 aromatic rings. The minimum absolute atomic E-state index is 0.0971. The third-order valence-electron chi connectivity index (χ3n) is 5.06. The van der Waals surface area contributed by atoms with Crippen LogP contribution in [0.1, 0.15) is 18.5 Å². The molecular weight excluding hydrogens is 458 g/mol. The van der Waals surface area contributed by atoms with Gasteiger partial charge in [0.2, 0.25) is 10.0 Å². The van der Waals surface area contributed by atoms with Crippen LogP contribution in [0.25, 0.3) is 11.0 Å². The molecule has 1 aromatic heterocycles. The van der Waals surface area contributed by atoms with Crippen molar-refractivity contribution in [2.45, 2.75) is 17.9 Å². The zero-order chi connectivity index (χ0) is 22.7. The summed E-state index contributed by atoms with van der Waals surface area (Å²) in [6, 6.07) is 11.4.